The molecule has 0 saturated carbocycles. The number of carbonyl (C=O) groups is 2. The second kappa shape index (κ2) is 14.5. The molecule has 4 aromatic carbocycles. The highest BCUT2D eigenvalue weighted by molar-refractivity contribution is 7.09. The number of hydrogen-bond donors (Lipinski definition) is 1. The van der Waals surface area contributed by atoms with E-state index in [0.29, 0.717) is 27.8 Å². The molecule has 1 heterocycles. The molecule has 1 N–H and O–H groups in total. The molecule has 9 heteroatoms. The van der Waals surface area contributed by atoms with Gasteiger partial charge in [-0.3, -0.25) is 9.59 Å². The number of hydrogen-bond acceptors (Lipinski definition) is 7. The lowest BCUT2D eigenvalue weighted by atomic mass is 10.0. The molecule has 45 heavy (non-hydrogen) atoms. The predicted octanol–water partition coefficient (Wildman–Crippen LogP) is 6.84. The fourth-order valence-electron chi connectivity index (χ4n) is 5.02. The zero-order valence-electron chi connectivity index (χ0n) is 25.8. The molecule has 8 nitrogen and oxygen atoms in total. The Hall–Kier alpha value is -5.15. The van der Waals surface area contributed by atoms with Gasteiger partial charge in [-0.25, -0.2) is 4.98 Å². The number of methoxy groups -OCH3 is 2. The second-order valence-electron chi connectivity index (χ2n) is 10.6. The van der Waals surface area contributed by atoms with Crippen LogP contribution >= 0.6 is 11.3 Å². The number of carbonyl (C=O) groups excluding carboxylic acids is 2. The van der Waals surface area contributed by atoms with Crippen molar-refractivity contribution in [2.75, 3.05) is 38.5 Å². The minimum Gasteiger partial charge on any atom is -0.493 e. The van der Waals surface area contributed by atoms with Crippen LogP contribution in [0.15, 0.2) is 109 Å². The van der Waals surface area contributed by atoms with Gasteiger partial charge >= 0.3 is 0 Å². The number of amides is 2. The number of anilines is 2. The smallest absolute Gasteiger partial charge is 0.251 e. The molecule has 0 spiro atoms. The fraction of sp³-hybridized carbons (Fsp3) is 0.194. The van der Waals surface area contributed by atoms with Crippen LogP contribution in [-0.4, -0.2) is 50.0 Å². The Kier molecular flexibility index (Phi) is 10.1. The molecule has 230 valence electrons. The summed E-state index contributed by atoms with van der Waals surface area (Å²) >= 11 is 1.46. The summed E-state index contributed by atoms with van der Waals surface area (Å²) in [6.07, 6.45) is 0.117. The molecule has 1 unspecified atom stereocenters. The predicted molar refractivity (Wildman–Crippen MR) is 180 cm³/mol. The van der Waals surface area contributed by atoms with E-state index in [4.69, 9.17) is 14.5 Å². The third kappa shape index (κ3) is 7.69. The van der Waals surface area contributed by atoms with Crippen LogP contribution in [0.1, 0.15) is 22.2 Å². The second-order valence-corrected chi connectivity index (χ2v) is 11.6. The number of nitrogens with one attached hydrogen (secondary N) is 1. The topological polar surface area (TPSA) is 84.0 Å². The Morgan fingerprint density at radius 3 is 2.16 bits per heavy atom. The summed E-state index contributed by atoms with van der Waals surface area (Å²) in [4.78, 5) is 37.0. The number of nitrogens with zero attached hydrogens (tertiary/aromatic N) is 3. The molecule has 5 rings (SSSR count). The van der Waals surface area contributed by atoms with Crippen LogP contribution in [0, 0.1) is 0 Å². The maximum atomic E-state index is 14.3. The summed E-state index contributed by atoms with van der Waals surface area (Å²) in [5.41, 5.74) is 4.85. The van der Waals surface area contributed by atoms with Gasteiger partial charge in [0.25, 0.3) is 5.91 Å². The SMILES string of the molecule is COc1ccc(C(C(=O)Nc2ccc(N(C)C)cc2)N(Cc2nc(-c3ccccc3)cs2)C(=O)Cc2ccccc2)cc1OC. The molecule has 0 aliphatic carbocycles. The molecule has 5 aromatic rings. The van der Waals surface area contributed by atoms with E-state index in [1.165, 1.54) is 11.3 Å². The lowest BCUT2D eigenvalue weighted by Gasteiger charge is -2.31. The molecule has 0 aliphatic rings. The zero-order valence-corrected chi connectivity index (χ0v) is 26.6. The fourth-order valence-corrected chi connectivity index (χ4v) is 5.82. The number of aromatic nitrogens is 1. The lowest BCUT2D eigenvalue weighted by Crippen LogP contribution is -2.41. The van der Waals surface area contributed by atoms with Crippen LogP contribution in [0.3, 0.4) is 0 Å². The standard InChI is InChI=1S/C36H36N4O4S/c1-39(2)29-18-16-28(17-19-29)37-36(42)35(27-15-20-31(43-3)32(22-27)44-4)40(34(41)21-25-11-7-5-8-12-25)23-33-38-30(24-45-33)26-13-9-6-10-14-26/h5-20,22,24,35H,21,23H2,1-4H3,(H,37,42). The van der Waals surface area contributed by atoms with Crippen LogP contribution in [0.25, 0.3) is 11.3 Å². The summed E-state index contributed by atoms with van der Waals surface area (Å²) < 4.78 is 11.1. The lowest BCUT2D eigenvalue weighted by molar-refractivity contribution is -0.139. The molecule has 0 saturated heterocycles. The molecule has 2 amide bonds. The quantitative estimate of drug-likeness (QED) is 0.164. The first kappa shape index (κ1) is 31.3. The van der Waals surface area contributed by atoms with Crippen molar-refractivity contribution in [3.8, 4) is 22.8 Å². The van der Waals surface area contributed by atoms with Crippen LogP contribution in [-0.2, 0) is 22.6 Å². The molecule has 0 fully saturated rings. The van der Waals surface area contributed by atoms with E-state index < -0.39 is 6.04 Å². The third-order valence-corrected chi connectivity index (χ3v) is 8.21. The van der Waals surface area contributed by atoms with Gasteiger partial charge in [-0.2, -0.15) is 0 Å². The molecule has 1 aromatic heterocycles. The van der Waals surface area contributed by atoms with E-state index in [9.17, 15) is 9.59 Å². The molecule has 0 radical (unpaired) electrons. The highest BCUT2D eigenvalue weighted by Gasteiger charge is 2.33. The van der Waals surface area contributed by atoms with Gasteiger partial charge < -0.3 is 24.6 Å². The van der Waals surface area contributed by atoms with Gasteiger partial charge in [0.2, 0.25) is 5.91 Å². The van der Waals surface area contributed by atoms with E-state index in [1.807, 2.05) is 109 Å². The van der Waals surface area contributed by atoms with Crippen LogP contribution < -0.4 is 19.7 Å². The minimum atomic E-state index is -1.00. The number of ether oxygens (including phenoxy) is 2. The molecular formula is C36H36N4O4S. The van der Waals surface area contributed by atoms with Gasteiger partial charge in [-0.15, -0.1) is 11.3 Å². The van der Waals surface area contributed by atoms with E-state index >= 15 is 0 Å². The van der Waals surface area contributed by atoms with Gasteiger partial charge in [0.1, 0.15) is 11.0 Å². The van der Waals surface area contributed by atoms with E-state index in [1.54, 1.807) is 37.3 Å². The zero-order chi connectivity index (χ0) is 31.8. The van der Waals surface area contributed by atoms with Gasteiger partial charge in [0, 0.05) is 36.4 Å². The van der Waals surface area contributed by atoms with E-state index in [-0.39, 0.29) is 24.8 Å². The number of thiazole rings is 1. The Bertz CT molecular complexity index is 1720. The Balaban J connectivity index is 1.56. The van der Waals surface area contributed by atoms with Gasteiger partial charge in [-0.05, 0) is 47.5 Å². The maximum Gasteiger partial charge on any atom is 0.251 e. The number of benzene rings is 4. The van der Waals surface area contributed by atoms with Crippen molar-refractivity contribution in [3.05, 3.63) is 125 Å². The van der Waals surface area contributed by atoms with Gasteiger partial charge in [0.05, 0.1) is 32.9 Å². The van der Waals surface area contributed by atoms with Crippen molar-refractivity contribution in [2.24, 2.45) is 0 Å². The van der Waals surface area contributed by atoms with Crippen molar-refractivity contribution in [3.63, 3.8) is 0 Å². The normalized spacial score (nSPS) is 11.4. The molecule has 1 atom stereocenters. The summed E-state index contributed by atoms with van der Waals surface area (Å²) in [5, 5.41) is 5.73. The Morgan fingerprint density at radius 1 is 0.844 bits per heavy atom. The minimum absolute atomic E-state index is 0.117. The Labute approximate surface area is 267 Å². The molecular weight excluding hydrogens is 584 g/mol. The highest BCUT2D eigenvalue weighted by Crippen LogP contribution is 2.34. The monoisotopic (exact) mass is 620 g/mol. The first-order valence-electron chi connectivity index (χ1n) is 14.5. The molecule has 0 bridgehead atoms. The first-order valence-corrected chi connectivity index (χ1v) is 15.4. The number of rotatable bonds is 12. The summed E-state index contributed by atoms with van der Waals surface area (Å²) in [7, 11) is 7.01. The van der Waals surface area contributed by atoms with Crippen molar-refractivity contribution >= 4 is 34.5 Å². The van der Waals surface area contributed by atoms with Crippen LogP contribution in [0.5, 0.6) is 11.5 Å². The Morgan fingerprint density at radius 2 is 1.51 bits per heavy atom. The average Bonchev–Trinajstić information content (AvgIpc) is 3.54. The van der Waals surface area contributed by atoms with Crippen molar-refractivity contribution in [2.45, 2.75) is 19.0 Å². The van der Waals surface area contributed by atoms with Crippen molar-refractivity contribution in [1.29, 1.82) is 0 Å². The van der Waals surface area contributed by atoms with Crippen molar-refractivity contribution < 1.29 is 19.1 Å². The van der Waals surface area contributed by atoms with Crippen LogP contribution in [0.4, 0.5) is 11.4 Å². The summed E-state index contributed by atoms with van der Waals surface area (Å²) in [6.45, 7) is 0.134. The van der Waals surface area contributed by atoms with E-state index in [0.717, 1.165) is 22.5 Å². The largest absolute Gasteiger partial charge is 0.493 e. The van der Waals surface area contributed by atoms with E-state index in [2.05, 4.69) is 5.32 Å². The summed E-state index contributed by atoms with van der Waals surface area (Å²) in [6, 6.07) is 31.3. The third-order valence-electron chi connectivity index (χ3n) is 7.38. The highest BCUT2D eigenvalue weighted by atomic mass is 32.1. The van der Waals surface area contributed by atoms with Crippen LogP contribution in [0.2, 0.25) is 0 Å². The maximum absolute atomic E-state index is 14.3. The summed E-state index contributed by atoms with van der Waals surface area (Å²) in [5.74, 6) is 0.408. The molecule has 0 aliphatic heterocycles. The average molecular weight is 621 g/mol. The van der Waals surface area contributed by atoms with Gasteiger partial charge in [0.15, 0.2) is 11.5 Å². The van der Waals surface area contributed by atoms with Crippen molar-refractivity contribution in [1.82, 2.24) is 9.88 Å². The van der Waals surface area contributed by atoms with Gasteiger partial charge in [-0.1, -0.05) is 66.7 Å². The first-order chi connectivity index (χ1) is 21.9.